The number of ether oxygens (including phenoxy) is 1. The predicted octanol–water partition coefficient (Wildman–Crippen LogP) is 1.99. The molecule has 0 bridgehead atoms. The third-order valence-electron chi connectivity index (χ3n) is 2.24. The van der Waals surface area contributed by atoms with Crippen molar-refractivity contribution in [1.29, 1.82) is 5.41 Å². The summed E-state index contributed by atoms with van der Waals surface area (Å²) in [5.41, 5.74) is 6.45. The molecule has 0 fully saturated rings. The van der Waals surface area contributed by atoms with Gasteiger partial charge < -0.3 is 10.5 Å². The number of nitrogens with zero attached hydrogens (tertiary/aromatic N) is 2. The Kier molecular flexibility index (Phi) is 3.74. The SMILES string of the molecule is N=C(N)c1nccnc1OCc1ccccc1Cl. The van der Waals surface area contributed by atoms with Crippen LogP contribution in [-0.4, -0.2) is 15.8 Å². The van der Waals surface area contributed by atoms with Gasteiger partial charge in [-0.3, -0.25) is 5.41 Å². The molecule has 0 aliphatic carbocycles. The highest BCUT2D eigenvalue weighted by Gasteiger charge is 2.10. The Morgan fingerprint density at radius 2 is 2.00 bits per heavy atom. The predicted molar refractivity (Wildman–Crippen MR) is 68.8 cm³/mol. The van der Waals surface area contributed by atoms with Crippen molar-refractivity contribution in [2.75, 3.05) is 0 Å². The van der Waals surface area contributed by atoms with Crippen molar-refractivity contribution in [1.82, 2.24) is 9.97 Å². The quantitative estimate of drug-likeness (QED) is 0.652. The van der Waals surface area contributed by atoms with Gasteiger partial charge in [0, 0.05) is 23.0 Å². The van der Waals surface area contributed by atoms with Crippen LogP contribution in [0.3, 0.4) is 0 Å². The first-order chi connectivity index (χ1) is 8.68. The van der Waals surface area contributed by atoms with Gasteiger partial charge in [0.25, 0.3) is 0 Å². The van der Waals surface area contributed by atoms with Gasteiger partial charge >= 0.3 is 0 Å². The van der Waals surface area contributed by atoms with Crippen molar-refractivity contribution in [3.05, 3.63) is 52.9 Å². The Hall–Kier alpha value is -2.14. The van der Waals surface area contributed by atoms with E-state index in [1.807, 2.05) is 18.2 Å². The molecule has 0 saturated heterocycles. The molecule has 0 aliphatic rings. The van der Waals surface area contributed by atoms with E-state index >= 15 is 0 Å². The molecule has 3 N–H and O–H groups in total. The average Bonchev–Trinajstić information content (AvgIpc) is 2.38. The third kappa shape index (κ3) is 2.75. The fourth-order valence-corrected chi connectivity index (χ4v) is 1.57. The van der Waals surface area contributed by atoms with Crippen LogP contribution >= 0.6 is 11.6 Å². The number of benzene rings is 1. The van der Waals surface area contributed by atoms with Crippen molar-refractivity contribution in [3.63, 3.8) is 0 Å². The molecule has 0 radical (unpaired) electrons. The van der Waals surface area contributed by atoms with Gasteiger partial charge in [-0.05, 0) is 6.07 Å². The first-order valence-corrected chi connectivity index (χ1v) is 5.58. The average molecular weight is 263 g/mol. The second-order valence-corrected chi connectivity index (χ2v) is 3.91. The smallest absolute Gasteiger partial charge is 0.244 e. The number of aromatic nitrogens is 2. The highest BCUT2D eigenvalue weighted by Crippen LogP contribution is 2.18. The molecule has 0 saturated carbocycles. The van der Waals surface area contributed by atoms with E-state index in [2.05, 4.69) is 9.97 Å². The monoisotopic (exact) mass is 262 g/mol. The fraction of sp³-hybridized carbons (Fsp3) is 0.0833. The van der Waals surface area contributed by atoms with Gasteiger partial charge in [0.2, 0.25) is 5.88 Å². The first-order valence-electron chi connectivity index (χ1n) is 5.20. The maximum Gasteiger partial charge on any atom is 0.244 e. The zero-order chi connectivity index (χ0) is 13.0. The largest absolute Gasteiger partial charge is 0.471 e. The molecule has 1 aromatic carbocycles. The second kappa shape index (κ2) is 5.46. The molecule has 1 heterocycles. The molecule has 1 aromatic heterocycles. The Labute approximate surface area is 109 Å². The summed E-state index contributed by atoms with van der Waals surface area (Å²) in [6.45, 7) is 0.249. The lowest BCUT2D eigenvalue weighted by Crippen LogP contribution is -2.16. The van der Waals surface area contributed by atoms with E-state index in [4.69, 9.17) is 27.5 Å². The number of hydrogen-bond donors (Lipinski definition) is 2. The minimum atomic E-state index is -0.183. The van der Waals surface area contributed by atoms with Gasteiger partial charge in [-0.15, -0.1) is 0 Å². The van der Waals surface area contributed by atoms with E-state index < -0.39 is 0 Å². The number of halogens is 1. The number of nitrogen functional groups attached to an aromatic ring is 1. The Morgan fingerprint density at radius 3 is 2.72 bits per heavy atom. The zero-order valence-electron chi connectivity index (χ0n) is 9.43. The molecule has 18 heavy (non-hydrogen) atoms. The zero-order valence-corrected chi connectivity index (χ0v) is 10.2. The summed E-state index contributed by atoms with van der Waals surface area (Å²) in [6, 6.07) is 7.34. The van der Waals surface area contributed by atoms with Gasteiger partial charge in [0.1, 0.15) is 12.4 Å². The van der Waals surface area contributed by atoms with Gasteiger partial charge in [-0.2, -0.15) is 0 Å². The molecule has 5 nitrogen and oxygen atoms in total. The van der Waals surface area contributed by atoms with Crippen molar-refractivity contribution in [2.24, 2.45) is 5.73 Å². The van der Waals surface area contributed by atoms with Crippen molar-refractivity contribution in [3.8, 4) is 5.88 Å². The highest BCUT2D eigenvalue weighted by atomic mass is 35.5. The minimum Gasteiger partial charge on any atom is -0.471 e. The number of hydrogen-bond acceptors (Lipinski definition) is 4. The molecule has 0 unspecified atom stereocenters. The Morgan fingerprint density at radius 1 is 1.28 bits per heavy atom. The maximum absolute atomic E-state index is 7.37. The van der Waals surface area contributed by atoms with Crippen molar-refractivity contribution < 1.29 is 4.74 Å². The molecule has 0 spiro atoms. The van der Waals surface area contributed by atoms with E-state index in [9.17, 15) is 0 Å². The van der Waals surface area contributed by atoms with Crippen LogP contribution in [0.4, 0.5) is 0 Å². The standard InChI is InChI=1S/C12H11ClN4O/c13-9-4-2-1-3-8(9)7-18-12-10(11(14)15)16-5-6-17-12/h1-6H,7H2,(H3,14,15). The summed E-state index contributed by atoms with van der Waals surface area (Å²) in [4.78, 5) is 7.94. The summed E-state index contributed by atoms with van der Waals surface area (Å²) in [7, 11) is 0. The molecular formula is C12H11ClN4O. The number of rotatable bonds is 4. The van der Waals surface area contributed by atoms with Crippen LogP contribution in [0.15, 0.2) is 36.7 Å². The summed E-state index contributed by atoms with van der Waals surface area (Å²) >= 11 is 6.01. The fourth-order valence-electron chi connectivity index (χ4n) is 1.38. The summed E-state index contributed by atoms with van der Waals surface area (Å²) in [5, 5.41) is 7.99. The lowest BCUT2D eigenvalue weighted by atomic mass is 10.2. The van der Waals surface area contributed by atoms with Crippen LogP contribution in [0.5, 0.6) is 5.88 Å². The molecule has 0 atom stereocenters. The first kappa shape index (κ1) is 12.3. The maximum atomic E-state index is 7.37. The normalized spacial score (nSPS) is 10.1. The number of nitrogens with two attached hydrogens (primary N) is 1. The Bertz CT molecular complexity index is 574. The van der Waals surface area contributed by atoms with E-state index in [1.54, 1.807) is 6.07 Å². The molecule has 92 valence electrons. The molecule has 0 aliphatic heterocycles. The van der Waals surface area contributed by atoms with Gasteiger partial charge in [-0.1, -0.05) is 29.8 Å². The van der Waals surface area contributed by atoms with Gasteiger partial charge in [0.05, 0.1) is 0 Å². The highest BCUT2D eigenvalue weighted by molar-refractivity contribution is 6.31. The number of nitrogens with one attached hydrogen (secondary N) is 1. The van der Waals surface area contributed by atoms with Crippen LogP contribution in [0, 0.1) is 5.41 Å². The van der Waals surface area contributed by atoms with Crippen LogP contribution in [-0.2, 0) is 6.61 Å². The minimum absolute atomic E-state index is 0.183. The third-order valence-corrected chi connectivity index (χ3v) is 2.61. The van der Waals surface area contributed by atoms with Crippen LogP contribution in [0.1, 0.15) is 11.3 Å². The van der Waals surface area contributed by atoms with E-state index in [1.165, 1.54) is 12.4 Å². The van der Waals surface area contributed by atoms with Crippen molar-refractivity contribution >= 4 is 17.4 Å². The number of amidine groups is 1. The lowest BCUT2D eigenvalue weighted by Gasteiger charge is -2.09. The van der Waals surface area contributed by atoms with Crippen LogP contribution < -0.4 is 10.5 Å². The second-order valence-electron chi connectivity index (χ2n) is 3.50. The topological polar surface area (TPSA) is 84.9 Å². The molecule has 6 heteroatoms. The summed E-state index contributed by atoms with van der Waals surface area (Å²) in [5.74, 6) is 0.0437. The molecular weight excluding hydrogens is 252 g/mol. The molecule has 0 amide bonds. The molecule has 2 aromatic rings. The lowest BCUT2D eigenvalue weighted by molar-refractivity contribution is 0.292. The van der Waals surface area contributed by atoms with Crippen LogP contribution in [0.2, 0.25) is 5.02 Å². The van der Waals surface area contributed by atoms with Crippen LogP contribution in [0.25, 0.3) is 0 Å². The van der Waals surface area contributed by atoms with Gasteiger partial charge in [0.15, 0.2) is 5.69 Å². The van der Waals surface area contributed by atoms with E-state index in [0.29, 0.717) is 5.02 Å². The van der Waals surface area contributed by atoms with E-state index in [0.717, 1.165) is 5.56 Å². The summed E-state index contributed by atoms with van der Waals surface area (Å²) in [6.07, 6.45) is 2.94. The summed E-state index contributed by atoms with van der Waals surface area (Å²) < 4.78 is 5.49. The Balaban J connectivity index is 2.16. The van der Waals surface area contributed by atoms with Gasteiger partial charge in [-0.25, -0.2) is 9.97 Å². The molecule has 2 rings (SSSR count). The van der Waals surface area contributed by atoms with Crippen molar-refractivity contribution in [2.45, 2.75) is 6.61 Å². The van der Waals surface area contributed by atoms with E-state index in [-0.39, 0.29) is 24.0 Å².